The normalized spacial score (nSPS) is 11.2. The molecule has 0 saturated heterocycles. The van der Waals surface area contributed by atoms with Crippen molar-refractivity contribution in [3.8, 4) is 17.2 Å². The van der Waals surface area contributed by atoms with Gasteiger partial charge in [-0.05, 0) is 36.4 Å². The van der Waals surface area contributed by atoms with E-state index in [-0.39, 0.29) is 0 Å². The van der Waals surface area contributed by atoms with Crippen LogP contribution in [0.25, 0.3) is 28.1 Å². The van der Waals surface area contributed by atoms with Crippen LogP contribution in [0, 0.1) is 0 Å². The molecule has 1 aromatic carbocycles. The maximum Gasteiger partial charge on any atom is 0.157 e. The molecule has 0 aliphatic rings. The lowest BCUT2D eigenvalue weighted by atomic mass is 10.2. The smallest absolute Gasteiger partial charge is 0.157 e. The number of imidazole rings is 1. The van der Waals surface area contributed by atoms with Gasteiger partial charge in [0.2, 0.25) is 0 Å². The van der Waals surface area contributed by atoms with Crippen molar-refractivity contribution < 1.29 is 9.15 Å². The molecule has 0 spiro atoms. The number of fused-ring (bicyclic) bond motifs is 2. The van der Waals surface area contributed by atoms with Crippen molar-refractivity contribution in [3.63, 3.8) is 0 Å². The van der Waals surface area contributed by atoms with E-state index in [0.717, 1.165) is 39.6 Å². The topological polar surface area (TPSA) is 51.7 Å². The number of aromatic nitrogens is 2. The molecule has 3 heterocycles. The Balaban J connectivity index is 1.94. The van der Waals surface area contributed by atoms with Crippen LogP contribution < -0.4 is 10.1 Å². The molecular formula is C17H15N3O2. The van der Waals surface area contributed by atoms with Crippen LogP contribution in [-0.2, 0) is 0 Å². The van der Waals surface area contributed by atoms with Gasteiger partial charge in [-0.25, -0.2) is 4.98 Å². The zero-order valence-electron chi connectivity index (χ0n) is 12.3. The molecule has 0 aliphatic carbocycles. The summed E-state index contributed by atoms with van der Waals surface area (Å²) < 4.78 is 13.2. The summed E-state index contributed by atoms with van der Waals surface area (Å²) >= 11 is 0. The van der Waals surface area contributed by atoms with Crippen LogP contribution >= 0.6 is 0 Å². The fourth-order valence-corrected chi connectivity index (χ4v) is 2.67. The number of ether oxygens (including phenoxy) is 1. The zero-order valence-corrected chi connectivity index (χ0v) is 12.3. The van der Waals surface area contributed by atoms with Gasteiger partial charge < -0.3 is 14.5 Å². The summed E-state index contributed by atoms with van der Waals surface area (Å²) in [6.45, 7) is 0. The van der Waals surface area contributed by atoms with Gasteiger partial charge in [0.05, 0.1) is 7.11 Å². The van der Waals surface area contributed by atoms with E-state index >= 15 is 0 Å². The maximum atomic E-state index is 5.95. The average Bonchev–Trinajstić information content (AvgIpc) is 3.14. The summed E-state index contributed by atoms with van der Waals surface area (Å²) in [6.07, 6.45) is 1.98. The first-order chi connectivity index (χ1) is 10.8. The molecule has 4 rings (SSSR count). The van der Waals surface area contributed by atoms with E-state index in [2.05, 4.69) is 10.3 Å². The number of anilines is 1. The lowest BCUT2D eigenvalue weighted by Crippen LogP contribution is -1.94. The third kappa shape index (κ3) is 1.83. The molecule has 5 heteroatoms. The summed E-state index contributed by atoms with van der Waals surface area (Å²) in [6, 6.07) is 13.6. The van der Waals surface area contributed by atoms with Crippen LogP contribution in [0.4, 0.5) is 5.82 Å². The summed E-state index contributed by atoms with van der Waals surface area (Å²) in [4.78, 5) is 4.67. The average molecular weight is 293 g/mol. The Hall–Kier alpha value is -2.95. The van der Waals surface area contributed by atoms with E-state index in [1.54, 1.807) is 7.11 Å². The first kappa shape index (κ1) is 12.8. The summed E-state index contributed by atoms with van der Waals surface area (Å²) in [7, 11) is 3.54. The third-order valence-electron chi connectivity index (χ3n) is 3.72. The highest BCUT2D eigenvalue weighted by Gasteiger charge is 2.16. The van der Waals surface area contributed by atoms with Crippen LogP contribution in [0.1, 0.15) is 0 Å². The van der Waals surface area contributed by atoms with Gasteiger partial charge >= 0.3 is 0 Å². The quantitative estimate of drug-likeness (QED) is 0.624. The lowest BCUT2D eigenvalue weighted by molar-refractivity contribution is 0.415. The van der Waals surface area contributed by atoms with Gasteiger partial charge in [0.15, 0.2) is 5.76 Å². The van der Waals surface area contributed by atoms with Crippen LogP contribution in [-0.4, -0.2) is 23.5 Å². The Bertz CT molecular complexity index is 969. The largest absolute Gasteiger partial charge is 0.497 e. The third-order valence-corrected chi connectivity index (χ3v) is 3.72. The SMILES string of the molecule is CNc1c(-c2cc3cc(OC)ccc3o2)nc2ccccn12. The Morgan fingerprint density at radius 3 is 2.91 bits per heavy atom. The van der Waals surface area contributed by atoms with Crippen molar-refractivity contribution >= 4 is 22.4 Å². The molecule has 0 atom stereocenters. The van der Waals surface area contributed by atoms with E-state index in [1.165, 1.54) is 0 Å². The minimum Gasteiger partial charge on any atom is -0.497 e. The standard InChI is InChI=1S/C17H15N3O2/c1-18-17-16(19-15-5-3-4-8-20(15)17)14-10-11-9-12(21-2)6-7-13(11)22-14/h3-10,18H,1-2H3. The first-order valence-corrected chi connectivity index (χ1v) is 7.03. The molecule has 3 aromatic heterocycles. The maximum absolute atomic E-state index is 5.95. The molecule has 0 bridgehead atoms. The zero-order chi connectivity index (χ0) is 15.1. The Kier molecular flexibility index (Phi) is 2.79. The second-order valence-electron chi connectivity index (χ2n) is 5.00. The second-order valence-corrected chi connectivity index (χ2v) is 5.00. The number of hydrogen-bond acceptors (Lipinski definition) is 4. The molecule has 0 amide bonds. The Morgan fingerprint density at radius 1 is 1.18 bits per heavy atom. The van der Waals surface area contributed by atoms with Gasteiger partial charge in [0.1, 0.15) is 28.5 Å². The lowest BCUT2D eigenvalue weighted by Gasteiger charge is -2.01. The van der Waals surface area contributed by atoms with E-state index in [1.807, 2.05) is 60.1 Å². The van der Waals surface area contributed by atoms with Crippen molar-refractivity contribution in [2.75, 3.05) is 19.5 Å². The van der Waals surface area contributed by atoms with Crippen LogP contribution in [0.2, 0.25) is 0 Å². The number of pyridine rings is 1. The molecule has 0 fully saturated rings. The van der Waals surface area contributed by atoms with E-state index in [4.69, 9.17) is 9.15 Å². The van der Waals surface area contributed by atoms with Crippen molar-refractivity contribution in [1.29, 1.82) is 0 Å². The van der Waals surface area contributed by atoms with Gasteiger partial charge in [-0.15, -0.1) is 0 Å². The number of nitrogens with zero attached hydrogens (tertiary/aromatic N) is 2. The second kappa shape index (κ2) is 4.80. The van der Waals surface area contributed by atoms with Crippen molar-refractivity contribution in [2.45, 2.75) is 0 Å². The van der Waals surface area contributed by atoms with Crippen LogP contribution in [0.3, 0.4) is 0 Å². The minimum absolute atomic E-state index is 0.733. The predicted molar refractivity (Wildman–Crippen MR) is 86.5 cm³/mol. The molecule has 1 N–H and O–H groups in total. The van der Waals surface area contributed by atoms with Crippen molar-refractivity contribution in [3.05, 3.63) is 48.7 Å². The van der Waals surface area contributed by atoms with Crippen molar-refractivity contribution in [2.24, 2.45) is 0 Å². The molecule has 0 unspecified atom stereocenters. The number of nitrogens with one attached hydrogen (secondary N) is 1. The molecule has 0 saturated carbocycles. The molecule has 110 valence electrons. The van der Waals surface area contributed by atoms with Crippen LogP contribution in [0.5, 0.6) is 5.75 Å². The molecule has 0 aliphatic heterocycles. The summed E-state index contributed by atoms with van der Waals surface area (Å²) in [5, 5.41) is 4.19. The number of benzene rings is 1. The highest BCUT2D eigenvalue weighted by Crippen LogP contribution is 2.34. The first-order valence-electron chi connectivity index (χ1n) is 7.03. The number of furan rings is 1. The molecule has 22 heavy (non-hydrogen) atoms. The number of hydrogen-bond donors (Lipinski definition) is 1. The van der Waals surface area contributed by atoms with E-state index in [0.29, 0.717) is 0 Å². The number of rotatable bonds is 3. The highest BCUT2D eigenvalue weighted by molar-refractivity contribution is 5.86. The fourth-order valence-electron chi connectivity index (χ4n) is 2.67. The van der Waals surface area contributed by atoms with Gasteiger partial charge in [0, 0.05) is 18.6 Å². The van der Waals surface area contributed by atoms with E-state index < -0.39 is 0 Å². The van der Waals surface area contributed by atoms with Gasteiger partial charge in [-0.1, -0.05) is 6.07 Å². The van der Waals surface area contributed by atoms with Gasteiger partial charge in [-0.2, -0.15) is 0 Å². The molecule has 4 aromatic rings. The summed E-state index contributed by atoms with van der Waals surface area (Å²) in [5.41, 5.74) is 2.48. The monoisotopic (exact) mass is 293 g/mol. The fraction of sp³-hybridized carbons (Fsp3) is 0.118. The van der Waals surface area contributed by atoms with Gasteiger partial charge in [0.25, 0.3) is 0 Å². The predicted octanol–water partition coefficient (Wildman–Crippen LogP) is 3.80. The minimum atomic E-state index is 0.733. The van der Waals surface area contributed by atoms with Crippen molar-refractivity contribution in [1.82, 2.24) is 9.38 Å². The van der Waals surface area contributed by atoms with E-state index in [9.17, 15) is 0 Å². The number of methoxy groups -OCH3 is 1. The Labute approximate surface area is 127 Å². The molecular weight excluding hydrogens is 278 g/mol. The molecule has 0 radical (unpaired) electrons. The highest BCUT2D eigenvalue weighted by atomic mass is 16.5. The van der Waals surface area contributed by atoms with Gasteiger partial charge in [-0.3, -0.25) is 4.40 Å². The van der Waals surface area contributed by atoms with Crippen LogP contribution in [0.15, 0.2) is 53.1 Å². The Morgan fingerprint density at radius 2 is 2.09 bits per heavy atom. The summed E-state index contributed by atoms with van der Waals surface area (Å²) in [5.74, 6) is 2.45. The molecule has 5 nitrogen and oxygen atoms in total.